The Balaban J connectivity index is 1.96. The van der Waals surface area contributed by atoms with E-state index in [9.17, 15) is 29.4 Å². The van der Waals surface area contributed by atoms with Crippen molar-refractivity contribution in [2.75, 3.05) is 7.11 Å². The second-order valence-electron chi connectivity index (χ2n) is 7.95. The summed E-state index contributed by atoms with van der Waals surface area (Å²) in [5.74, 6) is -5.83. The maximum absolute atomic E-state index is 13.1. The van der Waals surface area contributed by atoms with Crippen molar-refractivity contribution in [1.82, 2.24) is 4.98 Å². The Bertz CT molecular complexity index is 1150. The molecular formula is C20H21N3O7. The monoisotopic (exact) mass is 415 g/mol. The minimum atomic E-state index is -2.62. The second-order valence-corrected chi connectivity index (χ2v) is 7.95. The van der Waals surface area contributed by atoms with Gasteiger partial charge in [0.15, 0.2) is 11.4 Å². The van der Waals surface area contributed by atoms with Gasteiger partial charge in [-0.25, -0.2) is 0 Å². The number of pyridine rings is 1. The number of aromatic amines is 1. The highest BCUT2D eigenvalue weighted by Crippen LogP contribution is 2.50. The Morgan fingerprint density at radius 3 is 2.60 bits per heavy atom. The average molecular weight is 415 g/mol. The van der Waals surface area contributed by atoms with Crippen molar-refractivity contribution in [3.8, 4) is 0 Å². The van der Waals surface area contributed by atoms with Crippen molar-refractivity contribution in [3.05, 3.63) is 55.9 Å². The number of amides is 1. The molecule has 10 nitrogen and oxygen atoms in total. The lowest BCUT2D eigenvalue weighted by Gasteiger charge is -2.48. The third kappa shape index (κ3) is 2.37. The molecule has 0 aliphatic heterocycles. The topological polar surface area (TPSA) is 186 Å². The normalized spacial score (nSPS) is 30.6. The number of methoxy groups -OCH3 is 1. The number of rotatable bonds is 2. The second kappa shape index (κ2) is 6.38. The van der Waals surface area contributed by atoms with Crippen LogP contribution in [0.4, 0.5) is 0 Å². The minimum Gasteiger partial charge on any atom is -0.508 e. The molecule has 1 aromatic heterocycles. The predicted molar refractivity (Wildman–Crippen MR) is 102 cm³/mol. The zero-order chi connectivity index (χ0) is 22.1. The van der Waals surface area contributed by atoms with Crippen molar-refractivity contribution >= 4 is 17.5 Å². The largest absolute Gasteiger partial charge is 0.508 e. The van der Waals surface area contributed by atoms with Gasteiger partial charge in [-0.3, -0.25) is 19.2 Å². The van der Waals surface area contributed by atoms with E-state index in [2.05, 4.69) is 4.98 Å². The van der Waals surface area contributed by atoms with Crippen LogP contribution in [0.1, 0.15) is 28.0 Å². The fourth-order valence-electron chi connectivity index (χ4n) is 5.02. The molecule has 0 radical (unpaired) electrons. The maximum atomic E-state index is 13.1. The molecular weight excluding hydrogens is 394 g/mol. The van der Waals surface area contributed by atoms with E-state index in [0.29, 0.717) is 11.3 Å². The Hall–Kier alpha value is -3.24. The third-order valence-electron chi connectivity index (χ3n) is 6.31. The molecule has 30 heavy (non-hydrogen) atoms. The minimum absolute atomic E-state index is 0.0543. The first-order valence-corrected chi connectivity index (χ1v) is 9.35. The molecule has 0 spiro atoms. The van der Waals surface area contributed by atoms with Crippen molar-refractivity contribution in [3.63, 3.8) is 0 Å². The number of Topliss-reactive ketones (excluding diaryl/α,β-unsaturated/α-hetero) is 2. The highest BCUT2D eigenvalue weighted by molar-refractivity contribution is 6.24. The van der Waals surface area contributed by atoms with E-state index in [0.717, 1.165) is 0 Å². The van der Waals surface area contributed by atoms with Crippen LogP contribution < -0.4 is 17.0 Å². The number of nitrogens with two attached hydrogens (primary N) is 2. The van der Waals surface area contributed by atoms with Crippen LogP contribution in [-0.2, 0) is 20.7 Å². The Morgan fingerprint density at radius 2 is 2.00 bits per heavy atom. The molecule has 7 N–H and O–H groups in total. The summed E-state index contributed by atoms with van der Waals surface area (Å²) in [5.41, 5.74) is 8.33. The summed E-state index contributed by atoms with van der Waals surface area (Å²) in [6, 6.07) is 0.558. The van der Waals surface area contributed by atoms with Crippen LogP contribution in [-0.4, -0.2) is 51.4 Å². The Kier molecular flexibility index (Phi) is 4.26. The number of fused-ring (bicyclic) bond motifs is 3. The molecule has 4 atom stereocenters. The number of carbonyl (C=O) groups is 3. The standard InChI is InChI=1S/C20H21N3O7/c1-6-3-7-4-8-5-9-13(21)15(30-2)12(18(22)27)17(26)20(9,29)16(25)10(8)14(24)11(7)19(28)23-6/h3,8-9,13,25,29H,4-5,21H2,1-2H3,(H2,22,27)(H,23,28)/t8-,9-,13-,20-/m0/s1. The van der Waals surface area contributed by atoms with Gasteiger partial charge in [-0.1, -0.05) is 0 Å². The van der Waals surface area contributed by atoms with Crippen LogP contribution in [0.15, 0.2) is 33.5 Å². The molecule has 0 saturated carbocycles. The van der Waals surface area contributed by atoms with Crippen LogP contribution in [0.2, 0.25) is 0 Å². The van der Waals surface area contributed by atoms with Gasteiger partial charge in [0.2, 0.25) is 5.78 Å². The zero-order valence-electron chi connectivity index (χ0n) is 16.3. The highest BCUT2D eigenvalue weighted by Gasteiger charge is 2.62. The summed E-state index contributed by atoms with van der Waals surface area (Å²) < 4.78 is 5.13. The number of aromatic nitrogens is 1. The lowest BCUT2D eigenvalue weighted by molar-refractivity contribution is -0.145. The number of hydrogen-bond acceptors (Lipinski definition) is 8. The van der Waals surface area contributed by atoms with E-state index in [1.807, 2.05) is 0 Å². The number of carbonyl (C=O) groups excluding carboxylic acids is 3. The highest BCUT2D eigenvalue weighted by atomic mass is 16.5. The number of nitrogens with one attached hydrogen (secondary N) is 1. The predicted octanol–water partition coefficient (Wildman–Crippen LogP) is -1.10. The van der Waals surface area contributed by atoms with E-state index < -0.39 is 57.8 Å². The number of hydrogen-bond donors (Lipinski definition) is 5. The molecule has 0 unspecified atom stereocenters. The van der Waals surface area contributed by atoms with Gasteiger partial charge in [0.05, 0.1) is 18.7 Å². The summed E-state index contributed by atoms with van der Waals surface area (Å²) in [5, 5.41) is 22.2. The van der Waals surface area contributed by atoms with Gasteiger partial charge < -0.3 is 31.4 Å². The van der Waals surface area contributed by atoms with E-state index in [4.69, 9.17) is 16.2 Å². The number of ether oxygens (including phenoxy) is 1. The van der Waals surface area contributed by atoms with Crippen molar-refractivity contribution in [2.24, 2.45) is 23.3 Å². The summed E-state index contributed by atoms with van der Waals surface area (Å²) in [4.78, 5) is 53.0. The average Bonchev–Trinajstić information content (AvgIpc) is 2.65. The number of ketones is 2. The molecule has 3 aliphatic rings. The number of aliphatic hydroxyl groups is 2. The fourth-order valence-corrected chi connectivity index (χ4v) is 5.02. The smallest absolute Gasteiger partial charge is 0.259 e. The van der Waals surface area contributed by atoms with Crippen LogP contribution >= 0.6 is 0 Å². The van der Waals surface area contributed by atoms with E-state index in [-0.39, 0.29) is 29.7 Å². The van der Waals surface area contributed by atoms with Gasteiger partial charge in [0.1, 0.15) is 17.1 Å². The number of H-pyrrole nitrogens is 1. The van der Waals surface area contributed by atoms with Crippen molar-refractivity contribution in [2.45, 2.75) is 31.4 Å². The number of aliphatic hydroxyl groups excluding tert-OH is 1. The summed E-state index contributed by atoms with van der Waals surface area (Å²) in [6.45, 7) is 1.69. The molecule has 1 heterocycles. The van der Waals surface area contributed by atoms with Gasteiger partial charge in [-0.2, -0.15) is 0 Å². The van der Waals surface area contributed by atoms with Gasteiger partial charge in [0.25, 0.3) is 11.5 Å². The first kappa shape index (κ1) is 20.0. The molecule has 1 aromatic rings. The number of aryl methyl sites for hydroxylation is 1. The quantitative estimate of drug-likeness (QED) is 0.376. The molecule has 4 rings (SSSR count). The van der Waals surface area contributed by atoms with Gasteiger partial charge in [0, 0.05) is 17.2 Å². The molecule has 1 amide bonds. The number of primary amides is 1. The molecule has 0 saturated heterocycles. The van der Waals surface area contributed by atoms with Crippen LogP contribution in [0.5, 0.6) is 0 Å². The molecule has 3 aliphatic carbocycles. The summed E-state index contributed by atoms with van der Waals surface area (Å²) in [6.07, 6.45) is 0.298. The maximum Gasteiger partial charge on any atom is 0.259 e. The van der Waals surface area contributed by atoms with Crippen LogP contribution in [0.25, 0.3) is 0 Å². The zero-order valence-corrected chi connectivity index (χ0v) is 16.3. The van der Waals surface area contributed by atoms with Crippen molar-refractivity contribution in [1.29, 1.82) is 0 Å². The van der Waals surface area contributed by atoms with Crippen molar-refractivity contribution < 1.29 is 29.3 Å². The molecule has 0 fully saturated rings. The van der Waals surface area contributed by atoms with Gasteiger partial charge in [-0.15, -0.1) is 0 Å². The lowest BCUT2D eigenvalue weighted by atomic mass is 9.59. The molecule has 10 heteroatoms. The SMILES string of the molecule is COC1=C(C(N)=O)C(=O)[C@@]2(O)C(O)=C3C(=O)c4c(cc(C)[nH]c4=O)C[C@H]3C[C@H]2[C@@H]1N. The Labute approximate surface area is 170 Å². The van der Waals surface area contributed by atoms with E-state index in [1.165, 1.54) is 7.11 Å². The fraction of sp³-hybridized carbons (Fsp3) is 0.400. The third-order valence-corrected chi connectivity index (χ3v) is 6.31. The first-order chi connectivity index (χ1) is 14.0. The Morgan fingerprint density at radius 1 is 1.33 bits per heavy atom. The number of allylic oxidation sites excluding steroid dienone is 1. The molecule has 0 bridgehead atoms. The van der Waals surface area contributed by atoms with E-state index >= 15 is 0 Å². The van der Waals surface area contributed by atoms with Gasteiger partial charge >= 0.3 is 0 Å². The first-order valence-electron chi connectivity index (χ1n) is 9.35. The lowest BCUT2D eigenvalue weighted by Crippen LogP contribution is -2.63. The van der Waals surface area contributed by atoms with Crippen LogP contribution in [0.3, 0.4) is 0 Å². The van der Waals surface area contributed by atoms with E-state index in [1.54, 1.807) is 13.0 Å². The summed E-state index contributed by atoms with van der Waals surface area (Å²) in [7, 11) is 1.22. The molecule has 158 valence electrons. The van der Waals surface area contributed by atoms with Gasteiger partial charge in [-0.05, 0) is 37.3 Å². The molecule has 0 aromatic carbocycles. The summed E-state index contributed by atoms with van der Waals surface area (Å²) >= 11 is 0. The van der Waals surface area contributed by atoms with Crippen LogP contribution in [0, 0.1) is 18.8 Å².